The highest BCUT2D eigenvalue weighted by molar-refractivity contribution is 5.89. The molecule has 0 saturated carbocycles. The third-order valence-electron chi connectivity index (χ3n) is 2.64. The van der Waals surface area contributed by atoms with E-state index in [1.165, 1.54) is 25.2 Å². The van der Waals surface area contributed by atoms with Crippen LogP contribution in [0.1, 0.15) is 20.3 Å². The second-order valence-corrected chi connectivity index (χ2v) is 4.67. The van der Waals surface area contributed by atoms with E-state index in [4.69, 9.17) is 5.90 Å². The number of carbonyl (C=O) groups is 1. The normalized spacial score (nSPS) is 13.5. The van der Waals surface area contributed by atoms with Crippen LogP contribution >= 0.6 is 0 Å². The quantitative estimate of drug-likeness (QED) is 0.187. The second-order valence-electron chi connectivity index (χ2n) is 4.67. The van der Waals surface area contributed by atoms with Crippen LogP contribution in [0, 0.1) is 4.91 Å². The average Bonchev–Trinajstić information content (AvgIpc) is 2.55. The van der Waals surface area contributed by atoms with Crippen LogP contribution in [0.2, 0.25) is 0 Å². The van der Waals surface area contributed by atoms with Crippen LogP contribution in [-0.2, 0) is 9.63 Å². The minimum atomic E-state index is -0.351. The van der Waals surface area contributed by atoms with E-state index in [9.17, 15) is 14.8 Å². The Morgan fingerprint density at radius 3 is 2.67 bits per heavy atom. The lowest BCUT2D eigenvalue weighted by molar-refractivity contribution is -0.115. The molecule has 0 bridgehead atoms. The number of hydrogen-bond acceptors (Lipinski definition) is 6. The molecule has 0 rings (SSSR count). The molecule has 0 aliphatic carbocycles. The van der Waals surface area contributed by atoms with Gasteiger partial charge in [0, 0.05) is 11.8 Å². The lowest BCUT2D eigenvalue weighted by Gasteiger charge is -2.02. The van der Waals surface area contributed by atoms with Crippen LogP contribution < -0.4 is 11.2 Å². The number of allylic oxidation sites excluding steroid dienone is 6. The van der Waals surface area contributed by atoms with Crippen molar-refractivity contribution in [3.8, 4) is 0 Å². The van der Waals surface area contributed by atoms with Crippen LogP contribution in [0.15, 0.2) is 77.0 Å². The number of amides is 1. The molecule has 7 heteroatoms. The minimum Gasteiger partial charge on any atom is -0.508 e. The zero-order chi connectivity index (χ0) is 18.4. The smallest absolute Gasteiger partial charge is 0.248 e. The van der Waals surface area contributed by atoms with Crippen molar-refractivity contribution in [2.75, 3.05) is 6.61 Å². The van der Waals surface area contributed by atoms with Gasteiger partial charge in [-0.3, -0.25) is 9.63 Å². The maximum Gasteiger partial charge on any atom is 0.248 e. The van der Waals surface area contributed by atoms with E-state index >= 15 is 0 Å². The highest BCUT2D eigenvalue weighted by Crippen LogP contribution is 2.02. The molecule has 0 atom stereocenters. The van der Waals surface area contributed by atoms with Gasteiger partial charge in [0.1, 0.15) is 5.76 Å². The summed E-state index contributed by atoms with van der Waals surface area (Å²) in [5.74, 6) is 4.55. The fourth-order valence-corrected chi connectivity index (χ4v) is 1.44. The summed E-state index contributed by atoms with van der Waals surface area (Å²) in [6, 6.07) is 0. The Hall–Kier alpha value is -2.77. The Labute approximate surface area is 141 Å². The number of nitrogens with two attached hydrogens (primary N) is 1. The molecule has 0 radical (unpaired) electrons. The number of nitrogens with zero attached hydrogens (tertiary/aromatic N) is 1. The molecule has 0 aliphatic rings. The third kappa shape index (κ3) is 10.9. The summed E-state index contributed by atoms with van der Waals surface area (Å²) < 4.78 is 0. The van der Waals surface area contributed by atoms with Crippen molar-refractivity contribution < 1.29 is 14.7 Å². The van der Waals surface area contributed by atoms with Gasteiger partial charge in [0.05, 0.1) is 12.3 Å². The SMILES string of the molecule is C=C(/C=C\C(=C/C)CON)NC(=O)/C=C/C/C=C(O)\C=C(/C)N=O. The van der Waals surface area contributed by atoms with E-state index in [1.807, 2.05) is 13.0 Å². The molecule has 0 spiro atoms. The van der Waals surface area contributed by atoms with E-state index < -0.39 is 0 Å². The number of carbonyl (C=O) groups excluding carboxylic acids is 1. The molecule has 0 fully saturated rings. The summed E-state index contributed by atoms with van der Waals surface area (Å²) in [4.78, 5) is 26.3. The first-order valence-electron chi connectivity index (χ1n) is 7.15. The molecule has 0 aromatic rings. The largest absolute Gasteiger partial charge is 0.508 e. The first kappa shape index (κ1) is 21.2. The first-order chi connectivity index (χ1) is 11.4. The molecule has 1 amide bonds. The van der Waals surface area contributed by atoms with E-state index in [1.54, 1.807) is 18.2 Å². The van der Waals surface area contributed by atoms with E-state index in [2.05, 4.69) is 21.9 Å². The second kappa shape index (κ2) is 12.7. The summed E-state index contributed by atoms with van der Waals surface area (Å²) in [7, 11) is 0. The molecule has 24 heavy (non-hydrogen) atoms. The molecular weight excluding hydrogens is 310 g/mol. The molecule has 0 unspecified atom stereocenters. The molecule has 4 N–H and O–H groups in total. The van der Waals surface area contributed by atoms with Crippen molar-refractivity contribution >= 4 is 5.91 Å². The third-order valence-corrected chi connectivity index (χ3v) is 2.64. The summed E-state index contributed by atoms with van der Waals surface area (Å²) in [6.45, 7) is 7.28. The van der Waals surface area contributed by atoms with Crippen molar-refractivity contribution in [2.24, 2.45) is 11.1 Å². The van der Waals surface area contributed by atoms with Gasteiger partial charge in [-0.15, -0.1) is 4.91 Å². The predicted octanol–water partition coefficient (Wildman–Crippen LogP) is 3.07. The van der Waals surface area contributed by atoms with Crippen molar-refractivity contribution in [1.82, 2.24) is 5.32 Å². The van der Waals surface area contributed by atoms with Crippen LogP contribution in [0.5, 0.6) is 0 Å². The Morgan fingerprint density at radius 2 is 2.08 bits per heavy atom. The Balaban J connectivity index is 4.39. The van der Waals surface area contributed by atoms with Gasteiger partial charge in [-0.1, -0.05) is 24.8 Å². The van der Waals surface area contributed by atoms with Gasteiger partial charge in [0.25, 0.3) is 0 Å². The number of aliphatic hydroxyl groups excluding tert-OH is 1. The monoisotopic (exact) mass is 333 g/mol. The summed E-state index contributed by atoms with van der Waals surface area (Å²) >= 11 is 0. The van der Waals surface area contributed by atoms with Gasteiger partial charge < -0.3 is 10.4 Å². The van der Waals surface area contributed by atoms with Crippen molar-refractivity contribution in [3.05, 3.63) is 76.7 Å². The van der Waals surface area contributed by atoms with Crippen LogP contribution in [0.4, 0.5) is 0 Å². The molecule has 0 aromatic carbocycles. The fraction of sp³-hybridized carbons (Fsp3) is 0.235. The number of hydrogen-bond donors (Lipinski definition) is 3. The van der Waals surface area contributed by atoms with Crippen molar-refractivity contribution in [3.63, 3.8) is 0 Å². The van der Waals surface area contributed by atoms with E-state index in [-0.39, 0.29) is 24.0 Å². The van der Waals surface area contributed by atoms with Crippen LogP contribution in [0.25, 0.3) is 0 Å². The van der Waals surface area contributed by atoms with Gasteiger partial charge in [-0.05, 0) is 49.2 Å². The van der Waals surface area contributed by atoms with Gasteiger partial charge in [-0.25, -0.2) is 5.90 Å². The predicted molar refractivity (Wildman–Crippen MR) is 94.3 cm³/mol. The standard InChI is InChI=1S/C17H23N3O4/c1-4-15(12-24-18)10-9-13(2)19-17(22)8-6-5-7-16(21)11-14(3)20-23/h4,6-11,21H,2,5,12,18H2,1,3H3,(H,19,22)/b8-6+,10-9-,14-11+,15-4+,16-7+. The summed E-state index contributed by atoms with van der Waals surface area (Å²) in [6.07, 6.45) is 11.1. The lowest BCUT2D eigenvalue weighted by atomic mass is 10.2. The molecule has 7 nitrogen and oxygen atoms in total. The number of aliphatic hydroxyl groups is 1. The van der Waals surface area contributed by atoms with Crippen molar-refractivity contribution in [2.45, 2.75) is 20.3 Å². The maximum absolute atomic E-state index is 11.7. The molecule has 0 aromatic heterocycles. The van der Waals surface area contributed by atoms with Gasteiger partial charge in [0.2, 0.25) is 5.91 Å². The zero-order valence-electron chi connectivity index (χ0n) is 13.9. The molecule has 0 heterocycles. The lowest BCUT2D eigenvalue weighted by Crippen LogP contribution is -2.18. The number of nitrogens with one attached hydrogen (secondary N) is 1. The fourth-order valence-electron chi connectivity index (χ4n) is 1.44. The highest BCUT2D eigenvalue weighted by atomic mass is 16.6. The van der Waals surface area contributed by atoms with Crippen LogP contribution in [-0.4, -0.2) is 17.6 Å². The molecular formula is C17H23N3O4. The molecule has 130 valence electrons. The molecule has 0 aliphatic heterocycles. The zero-order valence-corrected chi connectivity index (χ0v) is 13.9. The Kier molecular flexibility index (Phi) is 11.3. The Bertz CT molecular complexity index is 599. The van der Waals surface area contributed by atoms with Gasteiger partial charge in [0.15, 0.2) is 0 Å². The molecule has 0 saturated heterocycles. The van der Waals surface area contributed by atoms with Crippen molar-refractivity contribution in [1.29, 1.82) is 0 Å². The summed E-state index contributed by atoms with van der Waals surface area (Å²) in [5, 5.41) is 14.7. The topological polar surface area (TPSA) is 114 Å². The highest BCUT2D eigenvalue weighted by Gasteiger charge is 1.96. The Morgan fingerprint density at radius 1 is 1.38 bits per heavy atom. The van der Waals surface area contributed by atoms with Gasteiger partial charge in [-0.2, -0.15) is 0 Å². The first-order valence-corrected chi connectivity index (χ1v) is 7.15. The van der Waals surface area contributed by atoms with Gasteiger partial charge >= 0.3 is 0 Å². The minimum absolute atomic E-state index is 0.0921. The van der Waals surface area contributed by atoms with Crippen LogP contribution in [0.3, 0.4) is 0 Å². The maximum atomic E-state index is 11.7. The van der Waals surface area contributed by atoms with E-state index in [0.29, 0.717) is 12.1 Å². The average molecular weight is 333 g/mol. The summed E-state index contributed by atoms with van der Waals surface area (Å²) in [5.41, 5.74) is 1.42. The number of rotatable bonds is 10. The number of nitroso groups, excluding NO2 is 1. The van der Waals surface area contributed by atoms with E-state index in [0.717, 1.165) is 5.57 Å².